The second-order valence-corrected chi connectivity index (χ2v) is 6.44. The number of fused-ring (bicyclic) bond motifs is 1. The molecule has 20 heavy (non-hydrogen) atoms. The standard InChI is InChI=1S/C17H25FN2/c1-3-14-9-13(2)5-6-16(14)19-12-17-7-4-8-20(17)11-15(18)10-17/h5-6,9,15,19H,3-4,7-8,10-12H2,1-2H3. The van der Waals surface area contributed by atoms with Crippen molar-refractivity contribution in [1.29, 1.82) is 0 Å². The van der Waals surface area contributed by atoms with Crippen LogP contribution in [0.2, 0.25) is 0 Å². The van der Waals surface area contributed by atoms with Gasteiger partial charge in [0.05, 0.1) is 0 Å². The fourth-order valence-electron chi connectivity index (χ4n) is 3.95. The van der Waals surface area contributed by atoms with Crippen LogP contribution in [0, 0.1) is 6.92 Å². The molecular formula is C17H25FN2. The van der Waals surface area contributed by atoms with Gasteiger partial charge in [-0.05, 0) is 50.8 Å². The minimum absolute atomic E-state index is 0.0648. The maximum atomic E-state index is 13.7. The molecule has 0 saturated carbocycles. The molecule has 0 bridgehead atoms. The van der Waals surface area contributed by atoms with Gasteiger partial charge in [-0.1, -0.05) is 24.6 Å². The summed E-state index contributed by atoms with van der Waals surface area (Å²) < 4.78 is 13.7. The highest BCUT2D eigenvalue weighted by Crippen LogP contribution is 2.40. The third kappa shape index (κ3) is 2.44. The molecule has 2 nitrogen and oxygen atoms in total. The van der Waals surface area contributed by atoms with E-state index in [1.165, 1.54) is 23.2 Å². The van der Waals surface area contributed by atoms with Gasteiger partial charge in [0.25, 0.3) is 0 Å². The zero-order valence-corrected chi connectivity index (χ0v) is 12.6. The first-order chi connectivity index (χ1) is 9.63. The highest BCUT2D eigenvalue weighted by molar-refractivity contribution is 5.53. The lowest BCUT2D eigenvalue weighted by Gasteiger charge is -2.32. The molecule has 0 aromatic heterocycles. The Labute approximate surface area is 121 Å². The van der Waals surface area contributed by atoms with Crippen molar-refractivity contribution in [2.75, 3.05) is 25.0 Å². The van der Waals surface area contributed by atoms with E-state index in [2.05, 4.69) is 42.3 Å². The average Bonchev–Trinajstić information content (AvgIpc) is 2.93. The molecule has 2 atom stereocenters. The van der Waals surface area contributed by atoms with Gasteiger partial charge in [-0.2, -0.15) is 0 Å². The smallest absolute Gasteiger partial charge is 0.115 e. The Hall–Kier alpha value is -1.09. The van der Waals surface area contributed by atoms with Crippen molar-refractivity contribution in [2.45, 2.75) is 51.2 Å². The summed E-state index contributed by atoms with van der Waals surface area (Å²) >= 11 is 0. The van der Waals surface area contributed by atoms with Crippen LogP contribution in [0.5, 0.6) is 0 Å². The summed E-state index contributed by atoms with van der Waals surface area (Å²) in [6.07, 6.45) is 3.44. The maximum Gasteiger partial charge on any atom is 0.115 e. The average molecular weight is 276 g/mol. The number of anilines is 1. The van der Waals surface area contributed by atoms with Gasteiger partial charge in [-0.25, -0.2) is 4.39 Å². The van der Waals surface area contributed by atoms with E-state index in [4.69, 9.17) is 0 Å². The van der Waals surface area contributed by atoms with Crippen LogP contribution in [0.4, 0.5) is 10.1 Å². The minimum Gasteiger partial charge on any atom is -0.383 e. The van der Waals surface area contributed by atoms with Crippen molar-refractivity contribution in [3.63, 3.8) is 0 Å². The van der Waals surface area contributed by atoms with Crippen LogP contribution in [0.3, 0.4) is 0 Å². The molecule has 3 heteroatoms. The molecule has 2 unspecified atom stereocenters. The minimum atomic E-state index is -0.638. The van der Waals surface area contributed by atoms with Crippen molar-refractivity contribution in [3.05, 3.63) is 29.3 Å². The molecule has 3 rings (SSSR count). The first-order valence-electron chi connectivity index (χ1n) is 7.85. The highest BCUT2D eigenvalue weighted by atomic mass is 19.1. The van der Waals surface area contributed by atoms with Crippen molar-refractivity contribution in [1.82, 2.24) is 4.90 Å². The predicted molar refractivity (Wildman–Crippen MR) is 82.1 cm³/mol. The van der Waals surface area contributed by atoms with Gasteiger partial charge in [0.1, 0.15) is 6.17 Å². The Morgan fingerprint density at radius 2 is 2.30 bits per heavy atom. The fraction of sp³-hybridized carbons (Fsp3) is 0.647. The van der Waals surface area contributed by atoms with Crippen molar-refractivity contribution < 1.29 is 4.39 Å². The molecule has 0 amide bonds. The van der Waals surface area contributed by atoms with Crippen LogP contribution in [-0.2, 0) is 6.42 Å². The lowest BCUT2D eigenvalue weighted by Crippen LogP contribution is -2.44. The van der Waals surface area contributed by atoms with Crippen LogP contribution < -0.4 is 5.32 Å². The number of halogens is 1. The van der Waals surface area contributed by atoms with E-state index >= 15 is 0 Å². The lowest BCUT2D eigenvalue weighted by molar-refractivity contribution is 0.209. The van der Waals surface area contributed by atoms with Crippen LogP contribution in [0.15, 0.2) is 18.2 Å². The molecular weight excluding hydrogens is 251 g/mol. The van der Waals surface area contributed by atoms with Crippen molar-refractivity contribution in [2.24, 2.45) is 0 Å². The van der Waals surface area contributed by atoms with E-state index in [1.807, 2.05) is 0 Å². The lowest BCUT2D eigenvalue weighted by atomic mass is 9.93. The molecule has 0 spiro atoms. The molecule has 1 aromatic rings. The third-order valence-corrected chi connectivity index (χ3v) is 5.01. The number of hydrogen-bond donors (Lipinski definition) is 1. The SMILES string of the molecule is CCc1cc(C)ccc1NCC12CCCN1CC(F)C2. The van der Waals surface area contributed by atoms with Crippen molar-refractivity contribution in [3.8, 4) is 0 Å². The fourth-order valence-corrected chi connectivity index (χ4v) is 3.95. The molecule has 2 fully saturated rings. The molecule has 1 aromatic carbocycles. The Kier molecular flexibility index (Phi) is 3.72. The predicted octanol–water partition coefficient (Wildman–Crippen LogP) is 3.55. The largest absolute Gasteiger partial charge is 0.383 e. The summed E-state index contributed by atoms with van der Waals surface area (Å²) in [6.45, 7) is 6.90. The first kappa shape index (κ1) is 13.9. The van der Waals surface area contributed by atoms with Gasteiger partial charge >= 0.3 is 0 Å². The van der Waals surface area contributed by atoms with E-state index in [0.717, 1.165) is 25.9 Å². The van der Waals surface area contributed by atoms with Gasteiger partial charge in [-0.3, -0.25) is 4.90 Å². The molecule has 110 valence electrons. The van der Waals surface area contributed by atoms with Gasteiger partial charge in [-0.15, -0.1) is 0 Å². The second-order valence-electron chi connectivity index (χ2n) is 6.44. The number of nitrogens with zero attached hydrogens (tertiary/aromatic N) is 1. The monoisotopic (exact) mass is 276 g/mol. The Morgan fingerprint density at radius 3 is 3.10 bits per heavy atom. The van der Waals surface area contributed by atoms with E-state index < -0.39 is 6.17 Å². The van der Waals surface area contributed by atoms with Gasteiger partial charge in [0, 0.05) is 24.3 Å². The normalized spacial score (nSPS) is 29.6. The highest BCUT2D eigenvalue weighted by Gasteiger charge is 2.48. The Balaban J connectivity index is 1.73. The molecule has 0 aliphatic carbocycles. The first-order valence-corrected chi connectivity index (χ1v) is 7.85. The summed E-state index contributed by atoms with van der Waals surface area (Å²) in [5, 5.41) is 3.61. The summed E-state index contributed by atoms with van der Waals surface area (Å²) in [6, 6.07) is 6.57. The van der Waals surface area contributed by atoms with E-state index in [-0.39, 0.29) is 5.54 Å². The number of nitrogens with one attached hydrogen (secondary N) is 1. The zero-order valence-electron chi connectivity index (χ0n) is 12.6. The van der Waals surface area contributed by atoms with Gasteiger partial charge < -0.3 is 5.32 Å². The summed E-state index contributed by atoms with van der Waals surface area (Å²) in [5.41, 5.74) is 3.95. The molecule has 2 aliphatic heterocycles. The van der Waals surface area contributed by atoms with Gasteiger partial charge in [0.2, 0.25) is 0 Å². The topological polar surface area (TPSA) is 15.3 Å². The Bertz CT molecular complexity index is 488. The number of aryl methyl sites for hydroxylation is 2. The summed E-state index contributed by atoms with van der Waals surface area (Å²) in [7, 11) is 0. The molecule has 2 heterocycles. The number of rotatable bonds is 4. The summed E-state index contributed by atoms with van der Waals surface area (Å²) in [5.74, 6) is 0. The van der Waals surface area contributed by atoms with Crippen LogP contribution >= 0.6 is 0 Å². The number of alkyl halides is 1. The Morgan fingerprint density at radius 1 is 1.45 bits per heavy atom. The molecule has 1 N–H and O–H groups in total. The van der Waals surface area contributed by atoms with E-state index in [1.54, 1.807) is 0 Å². The molecule has 2 aliphatic rings. The van der Waals surface area contributed by atoms with E-state index in [0.29, 0.717) is 13.0 Å². The van der Waals surface area contributed by atoms with E-state index in [9.17, 15) is 4.39 Å². The maximum absolute atomic E-state index is 13.7. The number of hydrogen-bond acceptors (Lipinski definition) is 2. The second kappa shape index (κ2) is 5.36. The quantitative estimate of drug-likeness (QED) is 0.905. The van der Waals surface area contributed by atoms with Gasteiger partial charge in [0.15, 0.2) is 0 Å². The van der Waals surface area contributed by atoms with Crippen LogP contribution in [0.25, 0.3) is 0 Å². The number of benzene rings is 1. The van der Waals surface area contributed by atoms with Crippen LogP contribution in [0.1, 0.15) is 37.3 Å². The molecule has 0 radical (unpaired) electrons. The van der Waals surface area contributed by atoms with Crippen LogP contribution in [-0.4, -0.2) is 36.2 Å². The summed E-state index contributed by atoms with van der Waals surface area (Å²) in [4.78, 5) is 2.37. The zero-order chi connectivity index (χ0) is 14.2. The molecule has 2 saturated heterocycles. The van der Waals surface area contributed by atoms with Crippen molar-refractivity contribution >= 4 is 5.69 Å². The third-order valence-electron chi connectivity index (χ3n) is 5.01.